The Bertz CT molecular complexity index is 2670. The molecular formula is C38H24O. The van der Waals surface area contributed by atoms with Gasteiger partial charge in [0.1, 0.15) is 11.2 Å². The molecule has 0 spiro atoms. The highest BCUT2D eigenvalue weighted by molar-refractivity contribution is 6.22. The fourth-order valence-corrected chi connectivity index (χ4v) is 5.57. The van der Waals surface area contributed by atoms with Crippen molar-refractivity contribution in [1.29, 1.82) is 0 Å². The van der Waals surface area contributed by atoms with Crippen LogP contribution in [-0.4, -0.2) is 0 Å². The highest BCUT2D eigenvalue weighted by Crippen LogP contribution is 2.45. The number of fused-ring (bicyclic) bond motifs is 5. The maximum Gasteiger partial charge on any atom is 0.135 e. The second kappa shape index (κ2) is 8.72. The van der Waals surface area contributed by atoms with E-state index in [1.165, 1.54) is 0 Å². The minimum atomic E-state index is -0.493. The zero-order valence-electron chi connectivity index (χ0n) is 30.5. The molecule has 182 valence electrons. The molecule has 0 radical (unpaired) electrons. The minimum Gasteiger partial charge on any atom is -0.456 e. The lowest BCUT2D eigenvalue weighted by molar-refractivity contribution is 0.669. The molecule has 1 heterocycles. The predicted octanol–water partition coefficient (Wildman–Crippen LogP) is 10.9. The molecule has 0 bridgehead atoms. The van der Waals surface area contributed by atoms with Crippen LogP contribution < -0.4 is 0 Å². The van der Waals surface area contributed by atoms with E-state index < -0.39 is 36.3 Å². The average molecular weight is 507 g/mol. The van der Waals surface area contributed by atoms with Gasteiger partial charge in [0, 0.05) is 10.8 Å². The van der Waals surface area contributed by atoms with Crippen LogP contribution in [-0.2, 0) is 0 Å². The molecule has 39 heavy (non-hydrogen) atoms. The van der Waals surface area contributed by atoms with Gasteiger partial charge in [-0.05, 0) is 79.2 Å². The summed E-state index contributed by atoms with van der Waals surface area (Å²) in [7, 11) is 0. The van der Waals surface area contributed by atoms with E-state index in [4.69, 9.17) is 18.1 Å². The smallest absolute Gasteiger partial charge is 0.135 e. The highest BCUT2D eigenvalue weighted by Gasteiger charge is 2.18. The van der Waals surface area contributed by atoms with Crippen LogP contribution in [0.4, 0.5) is 0 Å². The Morgan fingerprint density at radius 1 is 0.385 bits per heavy atom. The third-order valence-electron chi connectivity index (χ3n) is 7.23. The van der Waals surface area contributed by atoms with E-state index in [9.17, 15) is 0 Å². The summed E-state index contributed by atoms with van der Waals surface area (Å²) in [4.78, 5) is 0. The maximum absolute atomic E-state index is 8.90. The molecule has 0 aliphatic rings. The molecule has 8 rings (SSSR count). The van der Waals surface area contributed by atoms with Crippen LogP contribution in [0.3, 0.4) is 0 Å². The second-order valence-corrected chi connectivity index (χ2v) is 9.37. The number of hydrogen-bond acceptors (Lipinski definition) is 1. The molecule has 0 fully saturated rings. The van der Waals surface area contributed by atoms with E-state index in [0.29, 0.717) is 32.9 Å². The normalized spacial score (nSPS) is 15.2. The van der Waals surface area contributed by atoms with Gasteiger partial charge >= 0.3 is 0 Å². The van der Waals surface area contributed by atoms with Gasteiger partial charge in [-0.3, -0.25) is 0 Å². The van der Waals surface area contributed by atoms with Gasteiger partial charge in [0.2, 0.25) is 0 Å². The second-order valence-electron chi connectivity index (χ2n) is 9.37. The average Bonchev–Trinajstić information content (AvgIpc) is 3.49. The molecule has 0 aliphatic heterocycles. The molecule has 1 heteroatoms. The van der Waals surface area contributed by atoms with Crippen LogP contribution in [0.1, 0.15) is 13.7 Å². The summed E-state index contributed by atoms with van der Waals surface area (Å²) in [6, 6.07) is 22.1. The number of benzene rings is 7. The van der Waals surface area contributed by atoms with Gasteiger partial charge in [0.15, 0.2) is 0 Å². The van der Waals surface area contributed by atoms with E-state index in [1.54, 1.807) is 18.2 Å². The van der Waals surface area contributed by atoms with E-state index >= 15 is 0 Å². The van der Waals surface area contributed by atoms with Crippen molar-refractivity contribution in [2.75, 3.05) is 0 Å². The first-order valence-corrected chi connectivity index (χ1v) is 12.5. The van der Waals surface area contributed by atoms with Crippen molar-refractivity contribution in [1.82, 2.24) is 0 Å². The van der Waals surface area contributed by atoms with Crippen molar-refractivity contribution < 1.29 is 18.1 Å². The Morgan fingerprint density at radius 2 is 0.923 bits per heavy atom. The Labute approximate surface area is 240 Å². The molecule has 0 aliphatic carbocycles. The van der Waals surface area contributed by atoms with Gasteiger partial charge < -0.3 is 4.42 Å². The van der Waals surface area contributed by atoms with E-state index in [0.717, 1.165) is 32.9 Å². The summed E-state index contributed by atoms with van der Waals surface area (Å²) in [6.07, 6.45) is 0. The first-order valence-electron chi connectivity index (χ1n) is 17.5. The van der Waals surface area contributed by atoms with E-state index in [1.807, 2.05) is 66.7 Å². The van der Waals surface area contributed by atoms with Crippen molar-refractivity contribution in [3.8, 4) is 33.4 Å². The van der Waals surface area contributed by atoms with Crippen molar-refractivity contribution in [3.63, 3.8) is 0 Å². The summed E-state index contributed by atoms with van der Waals surface area (Å²) in [5, 5.41) is 4.40. The molecule has 0 saturated carbocycles. The lowest BCUT2D eigenvalue weighted by Gasteiger charge is -2.19. The summed E-state index contributed by atoms with van der Waals surface area (Å²) >= 11 is 0. The van der Waals surface area contributed by atoms with Gasteiger partial charge in [-0.1, -0.05) is 121 Å². The van der Waals surface area contributed by atoms with Crippen LogP contribution in [0.5, 0.6) is 0 Å². The topological polar surface area (TPSA) is 13.1 Å². The molecule has 7 aromatic carbocycles. The van der Waals surface area contributed by atoms with Crippen LogP contribution in [0.25, 0.3) is 76.9 Å². The molecule has 1 nitrogen and oxygen atoms in total. The standard InChI is InChI=1S/C38H24O/c1-3-11-25(12-4-1)27-19-21-32-34(23-27)38(28-20-22-36-33(24-28)29-15-9-10-18-35(29)39-36)31-17-8-7-16-30(31)37(32)26-13-5-2-6-14-26/h1-24H/i1D,2D,3D,4D,5D,6D,11D,12D,13D,14D. The quantitative estimate of drug-likeness (QED) is 0.217. The van der Waals surface area contributed by atoms with Crippen LogP contribution >= 0.6 is 0 Å². The van der Waals surface area contributed by atoms with E-state index in [2.05, 4.69) is 0 Å². The fourth-order valence-electron chi connectivity index (χ4n) is 5.57. The van der Waals surface area contributed by atoms with Crippen molar-refractivity contribution >= 4 is 43.5 Å². The van der Waals surface area contributed by atoms with Crippen LogP contribution in [0.15, 0.2) is 150 Å². The molecule has 1 aromatic heterocycles. The Kier molecular flexibility index (Phi) is 3.16. The lowest BCUT2D eigenvalue weighted by Crippen LogP contribution is -1.91. The van der Waals surface area contributed by atoms with Gasteiger partial charge in [-0.15, -0.1) is 0 Å². The zero-order valence-corrected chi connectivity index (χ0v) is 20.5. The first kappa shape index (κ1) is 14.1. The summed E-state index contributed by atoms with van der Waals surface area (Å²) in [6.45, 7) is 0. The van der Waals surface area contributed by atoms with Crippen molar-refractivity contribution in [3.05, 3.63) is 145 Å². The first-order chi connectivity index (χ1) is 23.5. The molecule has 0 atom stereocenters. The molecule has 8 aromatic rings. The van der Waals surface area contributed by atoms with Crippen molar-refractivity contribution in [2.24, 2.45) is 0 Å². The Hall–Kier alpha value is -5.14. The largest absolute Gasteiger partial charge is 0.456 e. The summed E-state index contributed by atoms with van der Waals surface area (Å²) in [5.41, 5.74) is 3.92. The van der Waals surface area contributed by atoms with Gasteiger partial charge in [0.05, 0.1) is 13.7 Å². The molecule has 0 N–H and O–H groups in total. The SMILES string of the molecule is [2H]c1c([2H])c([2H])c(-c2ccc3c(-c4c([2H])c([2H])c([2H])c([2H])c4[2H])c4ccccc4c(-c4ccc5oc6ccccc6c5c4)c3c2)c([2H])c1[2H]. The zero-order chi connectivity index (χ0) is 34.5. The minimum absolute atomic E-state index is 0.0349. The Balaban J connectivity index is 1.57. The predicted molar refractivity (Wildman–Crippen MR) is 165 cm³/mol. The summed E-state index contributed by atoms with van der Waals surface area (Å²) in [5.74, 6) is 0. The van der Waals surface area contributed by atoms with Crippen LogP contribution in [0.2, 0.25) is 0 Å². The van der Waals surface area contributed by atoms with Gasteiger partial charge in [-0.2, -0.15) is 0 Å². The third-order valence-corrected chi connectivity index (χ3v) is 7.23. The highest BCUT2D eigenvalue weighted by atomic mass is 16.3. The van der Waals surface area contributed by atoms with Crippen molar-refractivity contribution in [2.45, 2.75) is 0 Å². The Morgan fingerprint density at radius 3 is 1.67 bits per heavy atom. The molecule has 0 amide bonds. The van der Waals surface area contributed by atoms with E-state index in [-0.39, 0.29) is 35.3 Å². The number of para-hydroxylation sites is 1. The molecule has 0 saturated heterocycles. The molecule has 0 unspecified atom stereocenters. The lowest BCUT2D eigenvalue weighted by atomic mass is 9.84. The fraction of sp³-hybridized carbons (Fsp3) is 0. The summed E-state index contributed by atoms with van der Waals surface area (Å²) < 4.78 is 91.1. The maximum atomic E-state index is 8.90. The monoisotopic (exact) mass is 506 g/mol. The number of furan rings is 1. The van der Waals surface area contributed by atoms with Crippen LogP contribution in [0, 0.1) is 0 Å². The number of hydrogen-bond donors (Lipinski definition) is 0. The van der Waals surface area contributed by atoms with Gasteiger partial charge in [-0.25, -0.2) is 0 Å². The van der Waals surface area contributed by atoms with Gasteiger partial charge in [0.25, 0.3) is 0 Å². The third kappa shape index (κ3) is 3.48. The number of rotatable bonds is 3. The molecular weight excluding hydrogens is 472 g/mol.